The number of nitrogens with one attached hydrogen (secondary N) is 1. The first-order valence-corrected chi connectivity index (χ1v) is 9.92. The van der Waals surface area contributed by atoms with Crippen LogP contribution in [0.3, 0.4) is 0 Å². The molecule has 1 aliphatic rings. The van der Waals surface area contributed by atoms with Crippen molar-refractivity contribution >= 4 is 28.8 Å². The Kier molecular flexibility index (Phi) is 5.54. The maximum Gasteiger partial charge on any atom is 0.282 e. The van der Waals surface area contributed by atoms with Crippen molar-refractivity contribution in [2.45, 2.75) is 20.0 Å². The summed E-state index contributed by atoms with van der Waals surface area (Å²) >= 11 is 0. The van der Waals surface area contributed by atoms with Gasteiger partial charge in [-0.1, -0.05) is 30.3 Å². The highest BCUT2D eigenvalue weighted by atomic mass is 19.1. The van der Waals surface area contributed by atoms with Crippen LogP contribution in [-0.2, 0) is 9.59 Å². The molecule has 1 heterocycles. The summed E-state index contributed by atoms with van der Waals surface area (Å²) < 4.78 is 18.9. The summed E-state index contributed by atoms with van der Waals surface area (Å²) in [4.78, 5) is 27.8. The van der Waals surface area contributed by atoms with E-state index < -0.39 is 11.8 Å². The molecule has 0 saturated heterocycles. The highest BCUT2D eigenvalue weighted by Gasteiger charge is 2.40. The fraction of sp³-hybridized carbons (Fsp3) is 0.120. The van der Waals surface area contributed by atoms with Gasteiger partial charge in [-0.3, -0.25) is 9.59 Å². The summed E-state index contributed by atoms with van der Waals surface area (Å²) in [6.45, 7) is 3.84. The topological polar surface area (TPSA) is 58.6 Å². The van der Waals surface area contributed by atoms with E-state index in [2.05, 4.69) is 5.32 Å². The molecule has 4 rings (SSSR count). The van der Waals surface area contributed by atoms with Gasteiger partial charge in [0, 0.05) is 5.69 Å². The van der Waals surface area contributed by atoms with Crippen molar-refractivity contribution in [3.8, 4) is 5.75 Å². The van der Waals surface area contributed by atoms with Gasteiger partial charge in [0.1, 0.15) is 17.3 Å². The lowest BCUT2D eigenvalue weighted by atomic mass is 10.0. The lowest BCUT2D eigenvalue weighted by Gasteiger charge is -2.17. The van der Waals surface area contributed by atoms with Crippen LogP contribution in [0.5, 0.6) is 5.75 Å². The molecule has 5 nitrogen and oxygen atoms in total. The van der Waals surface area contributed by atoms with E-state index in [1.165, 1.54) is 24.3 Å². The van der Waals surface area contributed by atoms with Crippen molar-refractivity contribution in [2.75, 3.05) is 10.2 Å². The fourth-order valence-electron chi connectivity index (χ4n) is 3.38. The average molecular weight is 416 g/mol. The summed E-state index contributed by atoms with van der Waals surface area (Å²) in [6, 6.07) is 21.4. The minimum atomic E-state index is -0.481. The molecule has 0 spiro atoms. The van der Waals surface area contributed by atoms with E-state index in [1.54, 1.807) is 48.5 Å². The van der Waals surface area contributed by atoms with Gasteiger partial charge in [-0.15, -0.1) is 0 Å². The molecule has 3 aromatic carbocycles. The minimum Gasteiger partial charge on any atom is -0.491 e. The highest BCUT2D eigenvalue weighted by Crippen LogP contribution is 2.34. The Labute approximate surface area is 179 Å². The van der Waals surface area contributed by atoms with E-state index in [1.807, 2.05) is 19.9 Å². The first kappa shape index (κ1) is 20.3. The third-order valence-electron chi connectivity index (χ3n) is 4.73. The van der Waals surface area contributed by atoms with Crippen LogP contribution in [-0.4, -0.2) is 17.9 Å². The van der Waals surface area contributed by atoms with E-state index in [-0.39, 0.29) is 23.2 Å². The van der Waals surface area contributed by atoms with Crippen LogP contribution in [0, 0.1) is 5.82 Å². The quantitative estimate of drug-likeness (QED) is 0.574. The van der Waals surface area contributed by atoms with Crippen molar-refractivity contribution in [3.63, 3.8) is 0 Å². The molecule has 6 heteroatoms. The summed E-state index contributed by atoms with van der Waals surface area (Å²) in [5.41, 5.74) is 1.97. The molecule has 3 aromatic rings. The number of carbonyl (C=O) groups is 2. The monoisotopic (exact) mass is 416 g/mol. The zero-order chi connectivity index (χ0) is 22.0. The molecule has 156 valence electrons. The largest absolute Gasteiger partial charge is 0.491 e. The number of imide groups is 1. The van der Waals surface area contributed by atoms with Crippen molar-refractivity contribution in [2.24, 2.45) is 0 Å². The Morgan fingerprint density at radius 2 is 1.48 bits per heavy atom. The minimum absolute atomic E-state index is 0.0127. The third kappa shape index (κ3) is 4.19. The van der Waals surface area contributed by atoms with Crippen molar-refractivity contribution in [1.29, 1.82) is 0 Å². The Morgan fingerprint density at radius 3 is 2.10 bits per heavy atom. The first-order chi connectivity index (χ1) is 14.9. The van der Waals surface area contributed by atoms with Crippen LogP contribution >= 0.6 is 0 Å². The first-order valence-electron chi connectivity index (χ1n) is 9.92. The van der Waals surface area contributed by atoms with Gasteiger partial charge in [0.25, 0.3) is 11.8 Å². The van der Waals surface area contributed by atoms with Crippen LogP contribution in [0.4, 0.5) is 15.8 Å². The number of halogens is 1. The zero-order valence-electron chi connectivity index (χ0n) is 17.1. The standard InChI is InChI=1S/C25H21FN2O3/c1-16(2)31-21-14-12-20(13-15-21)28-24(29)22(17-6-4-3-5-7-17)23(25(28)30)27-19-10-8-18(26)9-11-19/h3-16,27H,1-2H3. The lowest BCUT2D eigenvalue weighted by molar-refractivity contribution is -0.120. The summed E-state index contributed by atoms with van der Waals surface area (Å²) in [5.74, 6) is -0.648. The van der Waals surface area contributed by atoms with Crippen molar-refractivity contribution in [1.82, 2.24) is 0 Å². The number of rotatable bonds is 6. The molecular formula is C25H21FN2O3. The van der Waals surface area contributed by atoms with Gasteiger partial charge in [-0.2, -0.15) is 0 Å². The van der Waals surface area contributed by atoms with Gasteiger partial charge in [-0.25, -0.2) is 9.29 Å². The third-order valence-corrected chi connectivity index (χ3v) is 4.73. The highest BCUT2D eigenvalue weighted by molar-refractivity contribution is 6.46. The second-order valence-corrected chi connectivity index (χ2v) is 7.35. The van der Waals surface area contributed by atoms with E-state index >= 15 is 0 Å². The van der Waals surface area contributed by atoms with Gasteiger partial charge < -0.3 is 10.1 Å². The molecule has 0 atom stereocenters. The molecule has 0 radical (unpaired) electrons. The predicted molar refractivity (Wildman–Crippen MR) is 118 cm³/mol. The SMILES string of the molecule is CC(C)Oc1ccc(N2C(=O)C(Nc3ccc(F)cc3)=C(c3ccccc3)C2=O)cc1. The lowest BCUT2D eigenvalue weighted by Crippen LogP contribution is -2.32. The molecule has 0 unspecified atom stereocenters. The molecule has 0 aliphatic carbocycles. The number of carbonyl (C=O) groups excluding carboxylic acids is 2. The number of nitrogens with zero attached hydrogens (tertiary/aromatic N) is 1. The molecule has 0 bridgehead atoms. The smallest absolute Gasteiger partial charge is 0.282 e. The Hall–Kier alpha value is -3.93. The Balaban J connectivity index is 1.72. The van der Waals surface area contributed by atoms with Crippen LogP contribution in [0.15, 0.2) is 84.6 Å². The maximum absolute atomic E-state index is 13.4. The second kappa shape index (κ2) is 8.44. The molecule has 1 N–H and O–H groups in total. The van der Waals surface area contributed by atoms with Crippen molar-refractivity contribution in [3.05, 3.63) is 95.9 Å². The number of benzene rings is 3. The van der Waals surface area contributed by atoms with Crippen LogP contribution in [0.1, 0.15) is 19.4 Å². The van der Waals surface area contributed by atoms with E-state index in [9.17, 15) is 14.0 Å². The molecule has 2 amide bonds. The maximum atomic E-state index is 13.4. The Bertz CT molecular complexity index is 1140. The van der Waals surface area contributed by atoms with E-state index in [0.29, 0.717) is 22.7 Å². The van der Waals surface area contributed by atoms with E-state index in [0.717, 1.165) is 4.90 Å². The second-order valence-electron chi connectivity index (χ2n) is 7.35. The summed E-state index contributed by atoms with van der Waals surface area (Å²) in [5, 5.41) is 3.01. The number of hydrogen-bond acceptors (Lipinski definition) is 4. The number of hydrogen-bond donors (Lipinski definition) is 1. The van der Waals surface area contributed by atoms with Gasteiger partial charge >= 0.3 is 0 Å². The van der Waals surface area contributed by atoms with Crippen LogP contribution in [0.2, 0.25) is 0 Å². The van der Waals surface area contributed by atoms with Crippen LogP contribution < -0.4 is 15.0 Å². The summed E-state index contributed by atoms with van der Waals surface area (Å²) in [7, 11) is 0. The fourth-order valence-corrected chi connectivity index (χ4v) is 3.38. The molecule has 0 aromatic heterocycles. The normalized spacial score (nSPS) is 13.9. The van der Waals surface area contributed by atoms with Crippen molar-refractivity contribution < 1.29 is 18.7 Å². The van der Waals surface area contributed by atoms with Gasteiger partial charge in [-0.05, 0) is 67.9 Å². The van der Waals surface area contributed by atoms with E-state index in [4.69, 9.17) is 4.74 Å². The van der Waals surface area contributed by atoms with Gasteiger partial charge in [0.05, 0.1) is 17.4 Å². The van der Waals surface area contributed by atoms with Gasteiger partial charge in [0.15, 0.2) is 0 Å². The number of anilines is 2. The molecule has 31 heavy (non-hydrogen) atoms. The summed E-state index contributed by atoms with van der Waals surface area (Å²) in [6.07, 6.45) is 0.0127. The van der Waals surface area contributed by atoms with Crippen LogP contribution in [0.25, 0.3) is 5.57 Å². The van der Waals surface area contributed by atoms with Gasteiger partial charge in [0.2, 0.25) is 0 Å². The molecule has 0 fully saturated rings. The zero-order valence-corrected chi connectivity index (χ0v) is 17.1. The molecule has 0 saturated carbocycles. The number of ether oxygens (including phenoxy) is 1. The average Bonchev–Trinajstić information content (AvgIpc) is 3.00. The number of amides is 2. The molecule has 1 aliphatic heterocycles. The molecular weight excluding hydrogens is 395 g/mol. The predicted octanol–water partition coefficient (Wildman–Crippen LogP) is 5.01. The Morgan fingerprint density at radius 1 is 0.839 bits per heavy atom.